The molecule has 0 radical (unpaired) electrons. The molecule has 1 unspecified atom stereocenters. The molecule has 2 aromatic rings. The summed E-state index contributed by atoms with van der Waals surface area (Å²) in [6.07, 6.45) is -4.92. The molecule has 144 valence electrons. The van der Waals surface area contributed by atoms with Crippen LogP contribution < -0.4 is 15.8 Å². The van der Waals surface area contributed by atoms with E-state index in [1.807, 2.05) is 0 Å². The van der Waals surface area contributed by atoms with Crippen LogP contribution in [0.4, 0.5) is 17.6 Å². The van der Waals surface area contributed by atoms with Crippen molar-refractivity contribution in [2.75, 3.05) is 0 Å². The molecule has 0 aliphatic carbocycles. The van der Waals surface area contributed by atoms with Crippen LogP contribution in [0.3, 0.4) is 0 Å². The molecule has 1 amide bonds. The summed E-state index contributed by atoms with van der Waals surface area (Å²) in [5.74, 6) is -1.61. The Hall–Kier alpha value is -2.68. The number of nitrogens with one attached hydrogen (secondary N) is 1. The third kappa shape index (κ3) is 4.36. The quantitative estimate of drug-likeness (QED) is 0.778. The van der Waals surface area contributed by atoms with Gasteiger partial charge in [-0.1, -0.05) is 18.2 Å². The van der Waals surface area contributed by atoms with Crippen molar-refractivity contribution in [2.45, 2.75) is 37.2 Å². The zero-order valence-electron chi connectivity index (χ0n) is 14.0. The Balaban J connectivity index is 1.76. The van der Waals surface area contributed by atoms with Crippen LogP contribution in [0.15, 0.2) is 42.6 Å². The fraction of sp³-hybridized carbons (Fsp3) is 0.333. The van der Waals surface area contributed by atoms with Gasteiger partial charge < -0.3 is 10.5 Å². The standard InChI is InChI=1S/C18H17F4N3O2/c19-12-4-2-1-3-11(12)16(18(20,21)22)27-10-5-6-13(24-9-10)14-7-8-15(25-14)17(23)26/h1-6,9,14-16,25H,7-8H2,(H2,23,26)/t14-,15+,16?/m1/s1. The minimum absolute atomic E-state index is 0.145. The van der Waals surface area contributed by atoms with Gasteiger partial charge in [0, 0.05) is 5.56 Å². The van der Waals surface area contributed by atoms with Gasteiger partial charge in [-0.2, -0.15) is 13.2 Å². The van der Waals surface area contributed by atoms with E-state index in [0.29, 0.717) is 18.5 Å². The van der Waals surface area contributed by atoms with Gasteiger partial charge >= 0.3 is 6.18 Å². The van der Waals surface area contributed by atoms with Crippen LogP contribution in [0.5, 0.6) is 5.75 Å². The maximum absolute atomic E-state index is 13.8. The highest BCUT2D eigenvalue weighted by molar-refractivity contribution is 5.80. The monoisotopic (exact) mass is 383 g/mol. The van der Waals surface area contributed by atoms with Gasteiger partial charge in [0.15, 0.2) is 0 Å². The van der Waals surface area contributed by atoms with E-state index >= 15 is 0 Å². The number of aromatic nitrogens is 1. The van der Waals surface area contributed by atoms with Gasteiger partial charge in [-0.25, -0.2) is 4.39 Å². The van der Waals surface area contributed by atoms with Crippen LogP contribution in [0, 0.1) is 5.82 Å². The number of primary amides is 1. The zero-order chi connectivity index (χ0) is 19.6. The van der Waals surface area contributed by atoms with Gasteiger partial charge in [0.2, 0.25) is 12.0 Å². The summed E-state index contributed by atoms with van der Waals surface area (Å²) in [7, 11) is 0. The van der Waals surface area contributed by atoms with E-state index in [-0.39, 0.29) is 11.8 Å². The largest absolute Gasteiger partial charge is 0.474 e. The van der Waals surface area contributed by atoms with E-state index in [4.69, 9.17) is 10.5 Å². The highest BCUT2D eigenvalue weighted by Gasteiger charge is 2.44. The second kappa shape index (κ2) is 7.51. The minimum atomic E-state index is -4.80. The van der Waals surface area contributed by atoms with E-state index in [0.717, 1.165) is 18.3 Å². The number of halogens is 4. The SMILES string of the molecule is NC(=O)[C@@H]1CC[C@H](c2ccc(OC(c3ccccc3F)C(F)(F)F)cn2)N1. The van der Waals surface area contributed by atoms with E-state index in [1.165, 1.54) is 24.3 Å². The fourth-order valence-corrected chi connectivity index (χ4v) is 3.00. The van der Waals surface area contributed by atoms with E-state index in [9.17, 15) is 22.4 Å². The van der Waals surface area contributed by atoms with Crippen LogP contribution in [0.2, 0.25) is 0 Å². The Kier molecular flexibility index (Phi) is 5.31. The number of hydrogen-bond donors (Lipinski definition) is 2. The molecule has 1 fully saturated rings. The molecule has 0 spiro atoms. The first-order chi connectivity index (χ1) is 12.8. The van der Waals surface area contributed by atoms with E-state index < -0.39 is 35.6 Å². The summed E-state index contributed by atoms with van der Waals surface area (Å²) in [6, 6.07) is 6.75. The van der Waals surface area contributed by atoms with Crippen molar-refractivity contribution < 1.29 is 27.1 Å². The van der Waals surface area contributed by atoms with Gasteiger partial charge in [0.05, 0.1) is 24.0 Å². The average Bonchev–Trinajstić information content (AvgIpc) is 3.10. The van der Waals surface area contributed by atoms with Crippen LogP contribution in [0.1, 0.15) is 36.2 Å². The summed E-state index contributed by atoms with van der Waals surface area (Å²) in [5, 5.41) is 3.02. The lowest BCUT2D eigenvalue weighted by atomic mass is 10.1. The number of ether oxygens (including phenoxy) is 1. The molecule has 2 heterocycles. The number of rotatable bonds is 5. The Bertz CT molecular complexity index is 811. The molecular weight excluding hydrogens is 366 g/mol. The van der Waals surface area contributed by atoms with Gasteiger partial charge in [-0.3, -0.25) is 15.1 Å². The Labute approximate surface area is 152 Å². The topological polar surface area (TPSA) is 77.2 Å². The lowest BCUT2D eigenvalue weighted by molar-refractivity contribution is -0.198. The Morgan fingerprint density at radius 3 is 2.52 bits per heavy atom. The molecule has 1 aromatic heterocycles. The molecule has 1 saturated heterocycles. The number of benzene rings is 1. The zero-order valence-corrected chi connectivity index (χ0v) is 14.0. The summed E-state index contributed by atoms with van der Waals surface area (Å²) >= 11 is 0. The van der Waals surface area contributed by atoms with Crippen LogP contribution in [-0.2, 0) is 4.79 Å². The van der Waals surface area contributed by atoms with Crippen molar-refractivity contribution in [1.29, 1.82) is 0 Å². The predicted octanol–water partition coefficient (Wildman–Crippen LogP) is 3.18. The number of carbonyl (C=O) groups is 1. The van der Waals surface area contributed by atoms with Crippen LogP contribution in [0.25, 0.3) is 0 Å². The summed E-state index contributed by atoms with van der Waals surface area (Å²) in [5.41, 5.74) is 5.20. The van der Waals surface area contributed by atoms with Gasteiger partial charge in [-0.15, -0.1) is 0 Å². The van der Waals surface area contributed by atoms with E-state index in [2.05, 4.69) is 10.3 Å². The number of carbonyl (C=O) groups excluding carboxylic acids is 1. The highest BCUT2D eigenvalue weighted by Crippen LogP contribution is 2.38. The smallest absolute Gasteiger partial charge is 0.429 e. The number of pyridine rings is 1. The number of hydrogen-bond acceptors (Lipinski definition) is 4. The van der Waals surface area contributed by atoms with Crippen LogP contribution in [-0.4, -0.2) is 23.1 Å². The third-order valence-corrected chi connectivity index (χ3v) is 4.34. The first kappa shape index (κ1) is 19.1. The van der Waals surface area contributed by atoms with Crippen molar-refractivity contribution in [3.63, 3.8) is 0 Å². The summed E-state index contributed by atoms with van der Waals surface area (Å²) in [6.45, 7) is 0. The molecular formula is C18H17F4N3O2. The normalized spacial score (nSPS) is 21.0. The molecule has 3 N–H and O–H groups in total. The summed E-state index contributed by atoms with van der Waals surface area (Å²) in [4.78, 5) is 15.3. The molecule has 1 aromatic carbocycles. The highest BCUT2D eigenvalue weighted by atomic mass is 19.4. The average molecular weight is 383 g/mol. The number of amides is 1. The van der Waals surface area contributed by atoms with Crippen molar-refractivity contribution in [3.8, 4) is 5.75 Å². The van der Waals surface area contributed by atoms with Crippen molar-refractivity contribution in [3.05, 3.63) is 59.7 Å². The Morgan fingerprint density at radius 1 is 1.22 bits per heavy atom. The van der Waals surface area contributed by atoms with Crippen LogP contribution >= 0.6 is 0 Å². The van der Waals surface area contributed by atoms with Gasteiger partial charge in [0.25, 0.3) is 0 Å². The molecule has 3 atom stereocenters. The molecule has 0 saturated carbocycles. The van der Waals surface area contributed by atoms with Gasteiger partial charge in [-0.05, 0) is 31.0 Å². The van der Waals surface area contributed by atoms with Gasteiger partial charge in [0.1, 0.15) is 11.6 Å². The maximum atomic E-state index is 13.8. The first-order valence-corrected chi connectivity index (χ1v) is 8.25. The second-order valence-corrected chi connectivity index (χ2v) is 6.23. The second-order valence-electron chi connectivity index (χ2n) is 6.23. The molecule has 9 heteroatoms. The number of nitrogens with zero attached hydrogens (tertiary/aromatic N) is 1. The molecule has 5 nitrogen and oxygen atoms in total. The third-order valence-electron chi connectivity index (χ3n) is 4.34. The van der Waals surface area contributed by atoms with Crippen molar-refractivity contribution in [2.24, 2.45) is 5.73 Å². The lowest BCUT2D eigenvalue weighted by Crippen LogP contribution is -2.37. The predicted molar refractivity (Wildman–Crippen MR) is 88.2 cm³/mol. The minimum Gasteiger partial charge on any atom is -0.474 e. The fourth-order valence-electron chi connectivity index (χ4n) is 3.00. The molecule has 3 rings (SSSR count). The van der Waals surface area contributed by atoms with Crippen molar-refractivity contribution in [1.82, 2.24) is 10.3 Å². The summed E-state index contributed by atoms with van der Waals surface area (Å²) < 4.78 is 58.9. The Morgan fingerprint density at radius 2 is 1.96 bits per heavy atom. The molecule has 0 bridgehead atoms. The number of nitrogens with two attached hydrogens (primary N) is 1. The number of alkyl halides is 3. The molecule has 27 heavy (non-hydrogen) atoms. The van der Waals surface area contributed by atoms with Crippen molar-refractivity contribution >= 4 is 5.91 Å². The maximum Gasteiger partial charge on any atom is 0.429 e. The molecule has 1 aliphatic rings. The first-order valence-electron chi connectivity index (χ1n) is 8.25. The molecule has 1 aliphatic heterocycles. The lowest BCUT2D eigenvalue weighted by Gasteiger charge is -2.22. The van der Waals surface area contributed by atoms with E-state index in [1.54, 1.807) is 0 Å².